The van der Waals surface area contributed by atoms with Crippen LogP contribution in [-0.2, 0) is 4.74 Å². The van der Waals surface area contributed by atoms with Crippen molar-refractivity contribution in [3.05, 3.63) is 45.1 Å². The van der Waals surface area contributed by atoms with Crippen LogP contribution in [0.1, 0.15) is 16.1 Å². The summed E-state index contributed by atoms with van der Waals surface area (Å²) in [5.41, 5.74) is 5.14. The van der Waals surface area contributed by atoms with Crippen molar-refractivity contribution in [2.75, 3.05) is 12.8 Å². The van der Waals surface area contributed by atoms with Crippen molar-refractivity contribution < 1.29 is 18.3 Å². The molecule has 0 aliphatic rings. The minimum Gasteiger partial charge on any atom is -0.464 e. The van der Waals surface area contributed by atoms with Gasteiger partial charge < -0.3 is 10.5 Å². The number of nitrogens with zero attached hydrogens (tertiary/aromatic N) is 1. The molecular formula is C14H10Cl2F2N2O2. The highest BCUT2D eigenvalue weighted by Crippen LogP contribution is 2.34. The number of ether oxygens (including phenoxy) is 1. The van der Waals surface area contributed by atoms with Gasteiger partial charge in [0, 0.05) is 5.56 Å². The summed E-state index contributed by atoms with van der Waals surface area (Å²) in [6.45, 7) is 1.34. The molecule has 0 unspecified atom stereocenters. The Morgan fingerprint density at radius 3 is 2.55 bits per heavy atom. The van der Waals surface area contributed by atoms with E-state index in [1.54, 1.807) is 0 Å². The molecular weight excluding hydrogens is 337 g/mol. The normalized spacial score (nSPS) is 10.6. The molecule has 0 fully saturated rings. The Balaban J connectivity index is 2.77. The second kappa shape index (κ2) is 6.06. The quantitative estimate of drug-likeness (QED) is 0.659. The number of methoxy groups -OCH3 is 1. The number of hydrogen-bond acceptors (Lipinski definition) is 4. The summed E-state index contributed by atoms with van der Waals surface area (Å²) >= 11 is 11.5. The van der Waals surface area contributed by atoms with E-state index in [0.717, 1.165) is 13.2 Å². The second-order valence-electron chi connectivity index (χ2n) is 4.41. The van der Waals surface area contributed by atoms with Crippen LogP contribution in [0.25, 0.3) is 11.3 Å². The number of benzene rings is 1. The molecule has 22 heavy (non-hydrogen) atoms. The Bertz CT molecular complexity index is 782. The topological polar surface area (TPSA) is 65.2 Å². The molecule has 1 aromatic heterocycles. The standard InChI is InChI=1S/C14H10Cl2F2N2O2/c1-5-10(7(17)3-6(15)12(5)18)9-4-8(19)11(16)13(20-9)14(21)22-2/h3-4H,1-2H3,(H2,19,20). The lowest BCUT2D eigenvalue weighted by molar-refractivity contribution is 0.0594. The smallest absolute Gasteiger partial charge is 0.358 e. The molecule has 0 amide bonds. The summed E-state index contributed by atoms with van der Waals surface area (Å²) in [6.07, 6.45) is 0. The van der Waals surface area contributed by atoms with Crippen LogP contribution in [0.15, 0.2) is 12.1 Å². The van der Waals surface area contributed by atoms with Gasteiger partial charge in [-0.05, 0) is 24.6 Å². The maximum atomic E-state index is 14.1. The highest BCUT2D eigenvalue weighted by Gasteiger charge is 2.22. The summed E-state index contributed by atoms with van der Waals surface area (Å²) in [4.78, 5) is 15.6. The first-order valence-corrected chi connectivity index (χ1v) is 6.72. The number of anilines is 1. The fourth-order valence-corrected chi connectivity index (χ4v) is 2.35. The molecule has 0 aliphatic heterocycles. The van der Waals surface area contributed by atoms with Crippen molar-refractivity contribution in [3.8, 4) is 11.3 Å². The summed E-state index contributed by atoms with van der Waals surface area (Å²) in [6, 6.07) is 2.07. The van der Waals surface area contributed by atoms with E-state index in [1.807, 2.05) is 0 Å². The lowest BCUT2D eigenvalue weighted by atomic mass is 10.0. The number of halogens is 4. The van der Waals surface area contributed by atoms with Crippen LogP contribution in [0.2, 0.25) is 10.0 Å². The van der Waals surface area contributed by atoms with Gasteiger partial charge in [-0.15, -0.1) is 0 Å². The number of nitrogen functional groups attached to an aromatic ring is 1. The fourth-order valence-electron chi connectivity index (χ4n) is 1.94. The molecule has 0 atom stereocenters. The summed E-state index contributed by atoms with van der Waals surface area (Å²) in [5.74, 6) is -2.42. The lowest BCUT2D eigenvalue weighted by Crippen LogP contribution is -2.09. The van der Waals surface area contributed by atoms with E-state index in [2.05, 4.69) is 9.72 Å². The van der Waals surface area contributed by atoms with Gasteiger partial charge in [0.2, 0.25) is 0 Å². The van der Waals surface area contributed by atoms with Gasteiger partial charge in [-0.25, -0.2) is 18.6 Å². The SMILES string of the molecule is COC(=O)c1nc(-c2c(F)cc(Cl)c(F)c2C)cc(N)c1Cl. The molecule has 2 N–H and O–H groups in total. The second-order valence-corrected chi connectivity index (χ2v) is 5.19. The Kier molecular flexibility index (Phi) is 4.53. The van der Waals surface area contributed by atoms with Crippen LogP contribution >= 0.6 is 23.2 Å². The number of aromatic nitrogens is 1. The van der Waals surface area contributed by atoms with Gasteiger partial charge in [-0.3, -0.25) is 0 Å². The maximum absolute atomic E-state index is 14.1. The number of esters is 1. The van der Waals surface area contributed by atoms with E-state index >= 15 is 0 Å². The third-order valence-electron chi connectivity index (χ3n) is 3.03. The van der Waals surface area contributed by atoms with Gasteiger partial charge in [0.25, 0.3) is 0 Å². The molecule has 4 nitrogen and oxygen atoms in total. The van der Waals surface area contributed by atoms with E-state index in [4.69, 9.17) is 28.9 Å². The molecule has 2 rings (SSSR count). The van der Waals surface area contributed by atoms with Crippen LogP contribution in [-0.4, -0.2) is 18.1 Å². The first-order valence-electron chi connectivity index (χ1n) is 5.96. The third-order valence-corrected chi connectivity index (χ3v) is 3.70. The van der Waals surface area contributed by atoms with Crippen molar-refractivity contribution in [1.29, 1.82) is 0 Å². The fraction of sp³-hybridized carbons (Fsp3) is 0.143. The Labute approximate surface area is 134 Å². The van der Waals surface area contributed by atoms with Gasteiger partial charge >= 0.3 is 5.97 Å². The zero-order valence-electron chi connectivity index (χ0n) is 11.5. The van der Waals surface area contributed by atoms with Crippen molar-refractivity contribution in [1.82, 2.24) is 4.98 Å². The molecule has 1 heterocycles. The number of carbonyl (C=O) groups excluding carboxylic acids is 1. The molecule has 0 saturated heterocycles. The average Bonchev–Trinajstić information content (AvgIpc) is 2.47. The first-order chi connectivity index (χ1) is 10.3. The number of nitrogens with two attached hydrogens (primary N) is 1. The number of rotatable bonds is 2. The summed E-state index contributed by atoms with van der Waals surface area (Å²) in [7, 11) is 1.14. The largest absolute Gasteiger partial charge is 0.464 e. The van der Waals surface area contributed by atoms with E-state index in [-0.39, 0.29) is 38.2 Å². The van der Waals surface area contributed by atoms with E-state index in [9.17, 15) is 13.6 Å². The molecule has 0 spiro atoms. The number of carbonyl (C=O) groups is 1. The van der Waals surface area contributed by atoms with Gasteiger partial charge in [0.1, 0.15) is 11.6 Å². The van der Waals surface area contributed by atoms with Crippen molar-refractivity contribution in [2.45, 2.75) is 6.92 Å². The number of hydrogen-bond donors (Lipinski definition) is 1. The molecule has 0 radical (unpaired) electrons. The van der Waals surface area contributed by atoms with E-state index < -0.39 is 17.6 Å². The zero-order valence-corrected chi connectivity index (χ0v) is 13.0. The molecule has 0 bridgehead atoms. The van der Waals surface area contributed by atoms with Gasteiger partial charge in [-0.2, -0.15) is 0 Å². The van der Waals surface area contributed by atoms with Gasteiger partial charge in [0.15, 0.2) is 5.69 Å². The highest BCUT2D eigenvalue weighted by molar-refractivity contribution is 6.35. The molecule has 0 saturated carbocycles. The Hall–Kier alpha value is -1.92. The molecule has 1 aromatic carbocycles. The Morgan fingerprint density at radius 2 is 1.95 bits per heavy atom. The summed E-state index contributed by atoms with van der Waals surface area (Å²) in [5, 5.41) is -0.475. The van der Waals surface area contributed by atoms with Crippen molar-refractivity contribution in [3.63, 3.8) is 0 Å². The predicted molar refractivity (Wildman–Crippen MR) is 80.1 cm³/mol. The highest BCUT2D eigenvalue weighted by atomic mass is 35.5. The monoisotopic (exact) mass is 346 g/mol. The first kappa shape index (κ1) is 16.5. The minimum atomic E-state index is -0.842. The van der Waals surface area contributed by atoms with E-state index in [0.29, 0.717) is 0 Å². The van der Waals surface area contributed by atoms with Crippen LogP contribution in [0.4, 0.5) is 14.5 Å². The van der Waals surface area contributed by atoms with Crippen LogP contribution < -0.4 is 5.73 Å². The van der Waals surface area contributed by atoms with Crippen molar-refractivity contribution in [2.24, 2.45) is 0 Å². The molecule has 2 aromatic rings. The summed E-state index contributed by atoms with van der Waals surface area (Å²) < 4.78 is 32.6. The van der Waals surface area contributed by atoms with E-state index in [1.165, 1.54) is 13.0 Å². The Morgan fingerprint density at radius 1 is 1.32 bits per heavy atom. The lowest BCUT2D eigenvalue weighted by Gasteiger charge is -2.12. The van der Waals surface area contributed by atoms with Gasteiger partial charge in [0.05, 0.1) is 28.5 Å². The third kappa shape index (κ3) is 2.71. The predicted octanol–water partition coefficient (Wildman–Crippen LogP) is 4.01. The average molecular weight is 347 g/mol. The van der Waals surface area contributed by atoms with Crippen LogP contribution in [0.5, 0.6) is 0 Å². The number of pyridine rings is 1. The van der Waals surface area contributed by atoms with Crippen molar-refractivity contribution >= 4 is 34.9 Å². The maximum Gasteiger partial charge on any atom is 0.358 e. The minimum absolute atomic E-state index is 0.0128. The van der Waals surface area contributed by atoms with Crippen LogP contribution in [0.3, 0.4) is 0 Å². The molecule has 116 valence electrons. The van der Waals surface area contributed by atoms with Gasteiger partial charge in [-0.1, -0.05) is 23.2 Å². The zero-order chi connectivity index (χ0) is 16.6. The molecule has 0 aliphatic carbocycles. The van der Waals surface area contributed by atoms with Crippen LogP contribution in [0, 0.1) is 18.6 Å². The molecule has 8 heteroatoms.